The van der Waals surface area contributed by atoms with Crippen LogP contribution in [-0.4, -0.2) is 17.2 Å². The highest BCUT2D eigenvalue weighted by atomic mass is 16.5. The zero-order valence-electron chi connectivity index (χ0n) is 13.6. The minimum atomic E-state index is -0.236. The molecule has 2 aromatic rings. The Balaban J connectivity index is 2.79. The van der Waals surface area contributed by atoms with E-state index in [0.29, 0.717) is 23.3 Å². The minimum Gasteiger partial charge on any atom is -0.507 e. The maximum atomic E-state index is 12.0. The predicted molar refractivity (Wildman–Crippen MR) is 88.8 cm³/mol. The summed E-state index contributed by atoms with van der Waals surface area (Å²) in [5.74, 6) is 0.738. The molecule has 0 aliphatic heterocycles. The molecule has 0 spiro atoms. The number of aromatic amines is 1. The van der Waals surface area contributed by atoms with E-state index >= 15 is 0 Å². The second-order valence-corrected chi connectivity index (χ2v) is 5.54. The molecule has 118 valence electrons. The number of aryl methyl sites for hydroxylation is 2. The summed E-state index contributed by atoms with van der Waals surface area (Å²) in [6.45, 7) is 5.70. The maximum Gasteiger partial charge on any atom is 0.254 e. The molecule has 0 amide bonds. The van der Waals surface area contributed by atoms with Gasteiger partial charge in [-0.25, -0.2) is 0 Å². The molecule has 0 atom stereocenters. The number of aromatic hydroxyl groups is 1. The van der Waals surface area contributed by atoms with Crippen molar-refractivity contribution in [1.29, 1.82) is 0 Å². The molecule has 4 nitrogen and oxygen atoms in total. The van der Waals surface area contributed by atoms with Gasteiger partial charge in [-0.3, -0.25) is 4.79 Å². The molecular weight excluding hydrogens is 278 g/mol. The van der Waals surface area contributed by atoms with Crippen LogP contribution in [0.3, 0.4) is 0 Å². The van der Waals surface area contributed by atoms with Crippen molar-refractivity contribution < 1.29 is 9.84 Å². The number of rotatable bonds is 5. The van der Waals surface area contributed by atoms with Crippen molar-refractivity contribution in [3.8, 4) is 22.6 Å². The highest BCUT2D eigenvalue weighted by molar-refractivity contribution is 5.81. The van der Waals surface area contributed by atoms with E-state index in [-0.39, 0.29) is 11.3 Å². The lowest BCUT2D eigenvalue weighted by Gasteiger charge is -2.17. The molecule has 2 N–H and O–H groups in total. The van der Waals surface area contributed by atoms with Crippen LogP contribution in [0.2, 0.25) is 0 Å². The van der Waals surface area contributed by atoms with Crippen molar-refractivity contribution >= 4 is 0 Å². The zero-order chi connectivity index (χ0) is 16.3. The first-order valence-corrected chi connectivity index (χ1v) is 7.59. The average molecular weight is 301 g/mol. The van der Waals surface area contributed by atoms with Crippen LogP contribution >= 0.6 is 0 Å². The molecule has 0 unspecified atom stereocenters. The van der Waals surface area contributed by atoms with Gasteiger partial charge in [-0.15, -0.1) is 0 Å². The van der Waals surface area contributed by atoms with Gasteiger partial charge in [0.1, 0.15) is 11.5 Å². The lowest BCUT2D eigenvalue weighted by atomic mass is 9.94. The molecule has 1 aromatic carbocycles. The Labute approximate surface area is 130 Å². The van der Waals surface area contributed by atoms with E-state index in [1.165, 1.54) is 0 Å². The van der Waals surface area contributed by atoms with Gasteiger partial charge in [-0.2, -0.15) is 0 Å². The average Bonchev–Trinajstić information content (AvgIpc) is 2.51. The molecule has 0 aliphatic rings. The monoisotopic (exact) mass is 301 g/mol. The van der Waals surface area contributed by atoms with Crippen molar-refractivity contribution in [2.45, 2.75) is 40.0 Å². The summed E-state index contributed by atoms with van der Waals surface area (Å²) in [5.41, 5.74) is 3.38. The summed E-state index contributed by atoms with van der Waals surface area (Å²) >= 11 is 0. The smallest absolute Gasteiger partial charge is 0.254 e. The third kappa shape index (κ3) is 2.86. The zero-order valence-corrected chi connectivity index (χ0v) is 13.6. The van der Waals surface area contributed by atoms with Gasteiger partial charge >= 0.3 is 0 Å². The molecule has 2 rings (SSSR count). The van der Waals surface area contributed by atoms with E-state index in [1.807, 2.05) is 25.1 Å². The second-order valence-electron chi connectivity index (χ2n) is 5.54. The quantitative estimate of drug-likeness (QED) is 0.885. The molecule has 0 saturated carbocycles. The Morgan fingerprint density at radius 1 is 1.23 bits per heavy atom. The second kappa shape index (κ2) is 6.69. The molecule has 1 aromatic heterocycles. The number of hydrogen-bond acceptors (Lipinski definition) is 3. The number of H-pyrrole nitrogens is 1. The van der Waals surface area contributed by atoms with E-state index in [9.17, 15) is 9.90 Å². The van der Waals surface area contributed by atoms with Crippen LogP contribution in [0.25, 0.3) is 11.1 Å². The van der Waals surface area contributed by atoms with Gasteiger partial charge in [0.2, 0.25) is 0 Å². The highest BCUT2D eigenvalue weighted by Gasteiger charge is 2.20. The standard InChI is InChI=1S/C18H23NO3/c1-5-6-9-13-16(17(20)12(3)18(21)19-13)15-11(2)8-7-10-14(15)22-4/h7-8,10H,5-6,9H2,1-4H3,(H2,19,20,21). The van der Waals surface area contributed by atoms with Gasteiger partial charge in [0.25, 0.3) is 5.56 Å². The Bertz CT molecular complexity index is 732. The van der Waals surface area contributed by atoms with Gasteiger partial charge < -0.3 is 14.8 Å². The number of ether oxygens (including phenoxy) is 1. The van der Waals surface area contributed by atoms with Crippen LogP contribution in [0.15, 0.2) is 23.0 Å². The van der Waals surface area contributed by atoms with Crippen LogP contribution in [-0.2, 0) is 6.42 Å². The molecule has 0 radical (unpaired) electrons. The van der Waals surface area contributed by atoms with E-state index < -0.39 is 0 Å². The number of pyridine rings is 1. The number of unbranched alkanes of at least 4 members (excludes halogenated alkanes) is 1. The third-order valence-corrected chi connectivity index (χ3v) is 3.98. The fourth-order valence-electron chi connectivity index (χ4n) is 2.67. The van der Waals surface area contributed by atoms with Crippen LogP contribution in [0, 0.1) is 13.8 Å². The van der Waals surface area contributed by atoms with Crippen LogP contribution in [0.5, 0.6) is 11.5 Å². The first-order valence-electron chi connectivity index (χ1n) is 7.59. The number of methoxy groups -OCH3 is 1. The predicted octanol–water partition coefficient (Wildman–Crippen LogP) is 3.72. The minimum absolute atomic E-state index is 0.0439. The first kappa shape index (κ1) is 16.1. The van der Waals surface area contributed by atoms with Crippen LogP contribution in [0.1, 0.15) is 36.6 Å². The van der Waals surface area contributed by atoms with Crippen molar-refractivity contribution in [3.05, 3.63) is 45.4 Å². The van der Waals surface area contributed by atoms with E-state index in [2.05, 4.69) is 11.9 Å². The van der Waals surface area contributed by atoms with Gasteiger partial charge in [0.15, 0.2) is 0 Å². The first-order chi connectivity index (χ1) is 10.5. The highest BCUT2D eigenvalue weighted by Crippen LogP contribution is 2.40. The van der Waals surface area contributed by atoms with Gasteiger partial charge in [-0.05, 0) is 38.3 Å². The Kier molecular flexibility index (Phi) is 4.91. The van der Waals surface area contributed by atoms with Crippen molar-refractivity contribution in [3.63, 3.8) is 0 Å². The fourth-order valence-corrected chi connectivity index (χ4v) is 2.67. The number of hydrogen-bond donors (Lipinski definition) is 2. The summed E-state index contributed by atoms with van der Waals surface area (Å²) < 4.78 is 5.46. The molecule has 0 bridgehead atoms. The lowest BCUT2D eigenvalue weighted by Crippen LogP contribution is -2.14. The van der Waals surface area contributed by atoms with Crippen LogP contribution < -0.4 is 10.3 Å². The summed E-state index contributed by atoms with van der Waals surface area (Å²) in [6, 6.07) is 5.76. The Morgan fingerprint density at radius 3 is 2.59 bits per heavy atom. The van der Waals surface area contributed by atoms with Crippen molar-refractivity contribution in [2.75, 3.05) is 7.11 Å². The molecule has 0 fully saturated rings. The summed E-state index contributed by atoms with van der Waals surface area (Å²) in [4.78, 5) is 14.9. The summed E-state index contributed by atoms with van der Waals surface area (Å²) in [6.07, 6.45) is 2.67. The number of benzene rings is 1. The largest absolute Gasteiger partial charge is 0.507 e. The Morgan fingerprint density at radius 2 is 1.95 bits per heavy atom. The number of aromatic nitrogens is 1. The molecule has 1 heterocycles. The van der Waals surface area contributed by atoms with E-state index in [0.717, 1.165) is 29.7 Å². The Hall–Kier alpha value is -2.23. The SMILES string of the molecule is CCCCc1[nH]c(=O)c(C)c(O)c1-c1c(C)cccc1OC. The van der Waals surface area contributed by atoms with Gasteiger partial charge in [0.05, 0.1) is 12.7 Å². The van der Waals surface area contributed by atoms with Gasteiger partial charge in [0, 0.05) is 16.8 Å². The summed E-state index contributed by atoms with van der Waals surface area (Å²) in [5, 5.41) is 10.6. The summed E-state index contributed by atoms with van der Waals surface area (Å²) in [7, 11) is 1.61. The third-order valence-electron chi connectivity index (χ3n) is 3.98. The molecular formula is C18H23NO3. The molecule has 0 saturated heterocycles. The molecule has 0 aliphatic carbocycles. The van der Waals surface area contributed by atoms with Crippen molar-refractivity contribution in [2.24, 2.45) is 0 Å². The van der Waals surface area contributed by atoms with E-state index in [1.54, 1.807) is 14.0 Å². The van der Waals surface area contributed by atoms with E-state index in [4.69, 9.17) is 4.74 Å². The molecule has 4 heteroatoms. The fraction of sp³-hybridized carbons (Fsp3) is 0.389. The molecule has 22 heavy (non-hydrogen) atoms. The van der Waals surface area contributed by atoms with Crippen LogP contribution in [0.4, 0.5) is 0 Å². The normalized spacial score (nSPS) is 10.7. The maximum absolute atomic E-state index is 12.0. The number of nitrogens with one attached hydrogen (secondary N) is 1. The van der Waals surface area contributed by atoms with Gasteiger partial charge in [-0.1, -0.05) is 25.5 Å². The topological polar surface area (TPSA) is 62.3 Å². The van der Waals surface area contributed by atoms with Crippen molar-refractivity contribution in [1.82, 2.24) is 4.98 Å². The lowest BCUT2D eigenvalue weighted by molar-refractivity contribution is 0.415.